The number of nitro groups is 1. The van der Waals surface area contributed by atoms with E-state index in [-0.39, 0.29) is 10.6 Å². The smallest absolute Gasteiger partial charge is 0.311 e. The monoisotopic (exact) mass is 262 g/mol. The second-order valence-electron chi connectivity index (χ2n) is 5.63. The summed E-state index contributed by atoms with van der Waals surface area (Å²) in [5.41, 5.74) is 5.76. The van der Waals surface area contributed by atoms with Gasteiger partial charge in [0.05, 0.1) is 4.92 Å². The molecule has 0 spiro atoms. The number of rotatable bonds is 6. The van der Waals surface area contributed by atoms with E-state index in [2.05, 4.69) is 9.88 Å². The Morgan fingerprint density at radius 2 is 1.84 bits per heavy atom. The van der Waals surface area contributed by atoms with E-state index in [9.17, 15) is 10.1 Å². The van der Waals surface area contributed by atoms with Gasteiger partial charge in [-0.3, -0.25) is 10.1 Å². The summed E-state index contributed by atoms with van der Waals surface area (Å²) in [6.07, 6.45) is 4.88. The third kappa shape index (κ3) is 2.94. The van der Waals surface area contributed by atoms with Gasteiger partial charge < -0.3 is 10.6 Å². The molecule has 2 N–H and O–H groups in total. The van der Waals surface area contributed by atoms with Gasteiger partial charge in [-0.15, -0.1) is 0 Å². The van der Waals surface area contributed by atoms with Crippen molar-refractivity contribution in [3.63, 3.8) is 0 Å². The topological polar surface area (TPSA) is 85.3 Å². The maximum Gasteiger partial charge on any atom is 0.311 e. The highest BCUT2D eigenvalue weighted by molar-refractivity contribution is 5.61. The Bertz CT molecular complexity index is 483. The minimum Gasteiger partial charge on any atom is -0.384 e. The zero-order valence-corrected chi connectivity index (χ0v) is 10.8. The number of hydrogen-bond donors (Lipinski definition) is 1. The molecule has 19 heavy (non-hydrogen) atoms. The average Bonchev–Trinajstić information content (AvgIpc) is 3.22. The number of nitrogens with zero attached hydrogens (tertiary/aromatic N) is 3. The fraction of sp³-hybridized carbons (Fsp3) is 0.615. The Balaban J connectivity index is 1.89. The van der Waals surface area contributed by atoms with Crippen molar-refractivity contribution < 1.29 is 4.92 Å². The molecule has 6 heteroatoms. The molecular formula is C13H18N4O2. The van der Waals surface area contributed by atoms with Crippen molar-refractivity contribution in [2.75, 3.05) is 23.7 Å². The van der Waals surface area contributed by atoms with Crippen LogP contribution in [0.25, 0.3) is 0 Å². The molecule has 0 unspecified atom stereocenters. The predicted molar refractivity (Wildman–Crippen MR) is 73.0 cm³/mol. The second kappa shape index (κ2) is 4.68. The van der Waals surface area contributed by atoms with E-state index in [1.807, 2.05) is 0 Å². The van der Waals surface area contributed by atoms with Gasteiger partial charge in [0.15, 0.2) is 0 Å². The number of nitrogen functional groups attached to an aromatic ring is 1. The summed E-state index contributed by atoms with van der Waals surface area (Å²) in [7, 11) is 0. The predicted octanol–water partition coefficient (Wildman–Crippen LogP) is 2.20. The minimum absolute atomic E-state index is 0.0653. The first-order chi connectivity index (χ1) is 9.13. The van der Waals surface area contributed by atoms with E-state index in [4.69, 9.17) is 5.73 Å². The number of hydrogen-bond acceptors (Lipinski definition) is 5. The Labute approximate surface area is 111 Å². The van der Waals surface area contributed by atoms with Gasteiger partial charge in [0.25, 0.3) is 0 Å². The van der Waals surface area contributed by atoms with E-state index in [1.54, 1.807) is 0 Å². The zero-order valence-electron chi connectivity index (χ0n) is 10.8. The molecule has 0 atom stereocenters. The van der Waals surface area contributed by atoms with Crippen LogP contribution in [0, 0.1) is 22.0 Å². The Kier molecular flexibility index (Phi) is 3.00. The van der Waals surface area contributed by atoms with Gasteiger partial charge >= 0.3 is 5.69 Å². The molecule has 1 aromatic rings. The largest absolute Gasteiger partial charge is 0.384 e. The van der Waals surface area contributed by atoms with Crippen LogP contribution < -0.4 is 10.6 Å². The van der Waals surface area contributed by atoms with Crippen molar-refractivity contribution in [3.8, 4) is 0 Å². The Hall–Kier alpha value is -1.85. The molecule has 1 heterocycles. The summed E-state index contributed by atoms with van der Waals surface area (Å²) < 4.78 is 0. The van der Waals surface area contributed by atoms with Crippen LogP contribution >= 0.6 is 0 Å². The van der Waals surface area contributed by atoms with Crippen LogP contribution in [0.2, 0.25) is 0 Å². The maximum absolute atomic E-state index is 11.1. The van der Waals surface area contributed by atoms with Crippen LogP contribution in [0.5, 0.6) is 0 Å². The molecule has 0 radical (unpaired) electrons. The summed E-state index contributed by atoms with van der Waals surface area (Å²) >= 11 is 0. The van der Waals surface area contributed by atoms with Gasteiger partial charge in [-0.1, -0.05) is 0 Å². The van der Waals surface area contributed by atoms with Gasteiger partial charge in [0, 0.05) is 19.2 Å². The molecule has 0 aliphatic heterocycles. The van der Waals surface area contributed by atoms with E-state index >= 15 is 0 Å². The summed E-state index contributed by atoms with van der Waals surface area (Å²) in [6, 6.07) is 2.96. The normalized spacial score (nSPS) is 18.3. The minimum atomic E-state index is -0.366. The molecule has 0 aromatic carbocycles. The first-order valence-corrected chi connectivity index (χ1v) is 6.79. The average molecular weight is 262 g/mol. The van der Waals surface area contributed by atoms with E-state index in [0.717, 1.165) is 13.1 Å². The van der Waals surface area contributed by atoms with Crippen LogP contribution in [-0.4, -0.2) is 23.0 Å². The highest BCUT2D eigenvalue weighted by Crippen LogP contribution is 2.37. The van der Waals surface area contributed by atoms with Gasteiger partial charge in [-0.05, 0) is 43.6 Å². The summed E-state index contributed by atoms with van der Waals surface area (Å²) in [5.74, 6) is 2.13. The van der Waals surface area contributed by atoms with Gasteiger partial charge in [0.1, 0.15) is 5.82 Å². The van der Waals surface area contributed by atoms with E-state index < -0.39 is 0 Å². The van der Waals surface area contributed by atoms with E-state index in [0.29, 0.717) is 23.5 Å². The number of anilines is 2. The zero-order chi connectivity index (χ0) is 13.4. The fourth-order valence-electron chi connectivity index (χ4n) is 2.30. The molecular weight excluding hydrogens is 244 g/mol. The fourth-order valence-corrected chi connectivity index (χ4v) is 2.30. The summed E-state index contributed by atoms with van der Waals surface area (Å²) in [4.78, 5) is 17.1. The highest BCUT2D eigenvalue weighted by Gasteiger charge is 2.32. The van der Waals surface area contributed by atoms with E-state index in [1.165, 1.54) is 37.8 Å². The van der Waals surface area contributed by atoms with Crippen LogP contribution in [0.1, 0.15) is 25.7 Å². The molecule has 0 amide bonds. The third-order valence-electron chi connectivity index (χ3n) is 3.72. The lowest BCUT2D eigenvalue weighted by atomic mass is 10.2. The van der Waals surface area contributed by atoms with Crippen LogP contribution in [0.15, 0.2) is 12.1 Å². The number of aromatic nitrogens is 1. The Morgan fingerprint density at radius 3 is 2.32 bits per heavy atom. The van der Waals surface area contributed by atoms with Crippen molar-refractivity contribution in [3.05, 3.63) is 22.2 Å². The quantitative estimate of drug-likeness (QED) is 0.627. The molecule has 0 bridgehead atoms. The van der Waals surface area contributed by atoms with Crippen molar-refractivity contribution in [1.82, 2.24) is 4.98 Å². The van der Waals surface area contributed by atoms with Crippen LogP contribution in [0.4, 0.5) is 17.3 Å². The standard InChI is InChI=1S/C13H18N4O2/c14-12-6-5-11(17(18)19)13(15-12)16(7-9-1-2-9)8-10-3-4-10/h5-6,9-10H,1-4,7-8H2,(H2,14,15). The van der Waals surface area contributed by atoms with Crippen molar-refractivity contribution in [2.24, 2.45) is 11.8 Å². The van der Waals surface area contributed by atoms with Crippen LogP contribution in [0.3, 0.4) is 0 Å². The molecule has 1 aromatic heterocycles. The second-order valence-corrected chi connectivity index (χ2v) is 5.63. The van der Waals surface area contributed by atoms with Crippen LogP contribution in [-0.2, 0) is 0 Å². The first kappa shape index (κ1) is 12.2. The molecule has 3 rings (SSSR count). The van der Waals surface area contributed by atoms with Gasteiger partial charge in [-0.2, -0.15) is 0 Å². The molecule has 102 valence electrons. The number of pyridine rings is 1. The Morgan fingerprint density at radius 1 is 1.26 bits per heavy atom. The van der Waals surface area contributed by atoms with Crippen molar-refractivity contribution >= 4 is 17.3 Å². The first-order valence-electron chi connectivity index (χ1n) is 6.79. The summed E-state index contributed by atoms with van der Waals surface area (Å²) in [5, 5.41) is 11.1. The molecule has 2 aliphatic rings. The molecule has 2 fully saturated rings. The lowest BCUT2D eigenvalue weighted by molar-refractivity contribution is -0.384. The van der Waals surface area contributed by atoms with Crippen molar-refractivity contribution in [1.29, 1.82) is 0 Å². The lowest BCUT2D eigenvalue weighted by Gasteiger charge is -2.23. The summed E-state index contributed by atoms with van der Waals surface area (Å²) in [6.45, 7) is 1.74. The lowest BCUT2D eigenvalue weighted by Crippen LogP contribution is -2.29. The maximum atomic E-state index is 11.1. The third-order valence-corrected chi connectivity index (χ3v) is 3.72. The van der Waals surface area contributed by atoms with Gasteiger partial charge in [-0.25, -0.2) is 4.98 Å². The molecule has 0 saturated heterocycles. The molecule has 2 aliphatic carbocycles. The molecule has 6 nitrogen and oxygen atoms in total. The number of nitrogens with two attached hydrogens (primary N) is 1. The molecule has 2 saturated carbocycles. The SMILES string of the molecule is Nc1ccc([N+](=O)[O-])c(N(CC2CC2)CC2CC2)n1. The van der Waals surface area contributed by atoms with Crippen molar-refractivity contribution in [2.45, 2.75) is 25.7 Å². The highest BCUT2D eigenvalue weighted by atomic mass is 16.6. The van der Waals surface area contributed by atoms with Gasteiger partial charge in [0.2, 0.25) is 5.82 Å².